The standard InChI is InChI=1S/C20H32N4O4.HI/c1-5-21-19(22-14-15-8-7-9-17(26-3)18(15)27-4)23-16-10-12-24(13-11-16)20(25)28-6-2;/h7-9,16H,5-6,10-14H2,1-4H3,(H2,21,22,23);1H. The zero-order chi connectivity index (χ0) is 20.4. The molecule has 0 spiro atoms. The second-order valence-corrected chi connectivity index (χ2v) is 6.45. The number of hydrogen-bond acceptors (Lipinski definition) is 5. The molecule has 1 aromatic rings. The van der Waals surface area contributed by atoms with Crippen LogP contribution in [0.3, 0.4) is 0 Å². The van der Waals surface area contributed by atoms with Crippen molar-refractivity contribution >= 4 is 36.0 Å². The van der Waals surface area contributed by atoms with Gasteiger partial charge >= 0.3 is 6.09 Å². The van der Waals surface area contributed by atoms with E-state index in [4.69, 9.17) is 19.2 Å². The summed E-state index contributed by atoms with van der Waals surface area (Å²) in [5, 5.41) is 6.75. The summed E-state index contributed by atoms with van der Waals surface area (Å²) in [6.07, 6.45) is 1.48. The van der Waals surface area contributed by atoms with Crippen LogP contribution in [0.4, 0.5) is 4.79 Å². The number of ether oxygens (including phenoxy) is 3. The monoisotopic (exact) mass is 520 g/mol. The summed E-state index contributed by atoms with van der Waals surface area (Å²) in [6.45, 7) is 6.86. The number of halogens is 1. The Morgan fingerprint density at radius 3 is 2.52 bits per heavy atom. The molecule has 0 radical (unpaired) electrons. The number of hydrogen-bond donors (Lipinski definition) is 2. The number of benzene rings is 1. The topological polar surface area (TPSA) is 84.4 Å². The summed E-state index contributed by atoms with van der Waals surface area (Å²) >= 11 is 0. The minimum Gasteiger partial charge on any atom is -0.493 e. The van der Waals surface area contributed by atoms with Gasteiger partial charge in [0.05, 0.1) is 27.4 Å². The molecule has 2 N–H and O–H groups in total. The van der Waals surface area contributed by atoms with E-state index in [9.17, 15) is 4.79 Å². The molecule has 164 valence electrons. The van der Waals surface area contributed by atoms with Crippen LogP contribution in [-0.4, -0.2) is 63.5 Å². The van der Waals surface area contributed by atoms with E-state index in [1.165, 1.54) is 0 Å². The van der Waals surface area contributed by atoms with Gasteiger partial charge in [-0.2, -0.15) is 0 Å². The van der Waals surface area contributed by atoms with Crippen LogP contribution in [0.25, 0.3) is 0 Å². The molecular weight excluding hydrogens is 487 g/mol. The highest BCUT2D eigenvalue weighted by molar-refractivity contribution is 14.0. The van der Waals surface area contributed by atoms with E-state index in [2.05, 4.69) is 10.6 Å². The molecule has 1 aliphatic rings. The van der Waals surface area contributed by atoms with Crippen molar-refractivity contribution in [1.29, 1.82) is 0 Å². The molecule has 1 amide bonds. The van der Waals surface area contributed by atoms with Crippen molar-refractivity contribution in [2.75, 3.05) is 40.5 Å². The van der Waals surface area contributed by atoms with Crippen LogP contribution >= 0.6 is 24.0 Å². The number of carbonyl (C=O) groups is 1. The summed E-state index contributed by atoms with van der Waals surface area (Å²) in [7, 11) is 3.25. The minimum atomic E-state index is -0.230. The van der Waals surface area contributed by atoms with Gasteiger partial charge in [-0.1, -0.05) is 12.1 Å². The van der Waals surface area contributed by atoms with Gasteiger partial charge in [-0.3, -0.25) is 0 Å². The van der Waals surface area contributed by atoms with Crippen LogP contribution < -0.4 is 20.1 Å². The molecule has 29 heavy (non-hydrogen) atoms. The maximum absolute atomic E-state index is 11.8. The maximum Gasteiger partial charge on any atom is 0.409 e. The smallest absolute Gasteiger partial charge is 0.409 e. The number of nitrogens with zero attached hydrogens (tertiary/aromatic N) is 2. The zero-order valence-corrected chi connectivity index (χ0v) is 20.0. The lowest BCUT2D eigenvalue weighted by atomic mass is 10.1. The van der Waals surface area contributed by atoms with Crippen molar-refractivity contribution in [1.82, 2.24) is 15.5 Å². The van der Waals surface area contributed by atoms with Gasteiger partial charge < -0.3 is 29.7 Å². The molecule has 1 aromatic carbocycles. The number of guanidine groups is 1. The molecule has 1 heterocycles. The van der Waals surface area contributed by atoms with Crippen molar-refractivity contribution in [3.63, 3.8) is 0 Å². The Bertz CT molecular complexity index is 664. The number of rotatable bonds is 7. The minimum absolute atomic E-state index is 0. The van der Waals surface area contributed by atoms with Crippen molar-refractivity contribution < 1.29 is 19.0 Å². The SMILES string of the molecule is CCNC(=NCc1cccc(OC)c1OC)NC1CCN(C(=O)OCC)CC1.I. The first-order valence-corrected chi connectivity index (χ1v) is 9.79. The Morgan fingerprint density at radius 2 is 1.93 bits per heavy atom. The van der Waals surface area contributed by atoms with E-state index in [0.29, 0.717) is 37.7 Å². The fourth-order valence-electron chi connectivity index (χ4n) is 3.18. The number of nitrogens with one attached hydrogen (secondary N) is 2. The van der Waals surface area contributed by atoms with Gasteiger partial charge in [-0.15, -0.1) is 24.0 Å². The third kappa shape index (κ3) is 7.45. The second kappa shape index (κ2) is 13.3. The van der Waals surface area contributed by atoms with Crippen molar-refractivity contribution in [2.24, 2.45) is 4.99 Å². The Morgan fingerprint density at radius 1 is 1.21 bits per heavy atom. The summed E-state index contributed by atoms with van der Waals surface area (Å²) in [4.78, 5) is 18.3. The first-order valence-electron chi connectivity index (χ1n) is 9.79. The van der Waals surface area contributed by atoms with E-state index < -0.39 is 0 Å². The van der Waals surface area contributed by atoms with E-state index in [1.807, 2.05) is 32.0 Å². The first kappa shape index (κ1) is 25.1. The average Bonchev–Trinajstić information content (AvgIpc) is 2.72. The number of para-hydroxylation sites is 1. The van der Waals surface area contributed by atoms with Crippen LogP contribution in [0.1, 0.15) is 32.3 Å². The van der Waals surface area contributed by atoms with Gasteiger partial charge in [-0.05, 0) is 32.8 Å². The molecule has 0 aliphatic carbocycles. The molecule has 0 bridgehead atoms. The highest BCUT2D eigenvalue weighted by Gasteiger charge is 2.24. The largest absolute Gasteiger partial charge is 0.493 e. The van der Waals surface area contributed by atoms with Crippen LogP contribution in [0, 0.1) is 0 Å². The van der Waals surface area contributed by atoms with Gasteiger partial charge in [0.25, 0.3) is 0 Å². The average molecular weight is 520 g/mol. The second-order valence-electron chi connectivity index (χ2n) is 6.45. The van der Waals surface area contributed by atoms with Crippen molar-refractivity contribution in [2.45, 2.75) is 39.3 Å². The predicted octanol–water partition coefficient (Wildman–Crippen LogP) is 3.00. The number of amides is 1. The van der Waals surface area contributed by atoms with E-state index >= 15 is 0 Å². The Labute approximate surface area is 190 Å². The number of carbonyl (C=O) groups excluding carboxylic acids is 1. The molecule has 8 nitrogen and oxygen atoms in total. The molecule has 0 atom stereocenters. The van der Waals surface area contributed by atoms with Crippen LogP contribution in [0.15, 0.2) is 23.2 Å². The molecular formula is C20H33IN4O4. The Kier molecular flexibility index (Phi) is 11.6. The van der Waals surface area contributed by atoms with Gasteiger partial charge in [0.2, 0.25) is 0 Å². The van der Waals surface area contributed by atoms with Crippen LogP contribution in [-0.2, 0) is 11.3 Å². The third-order valence-corrected chi connectivity index (χ3v) is 4.60. The summed E-state index contributed by atoms with van der Waals surface area (Å²) < 4.78 is 15.9. The fraction of sp³-hybridized carbons (Fsp3) is 0.600. The summed E-state index contributed by atoms with van der Waals surface area (Å²) in [5.41, 5.74) is 0.955. The lowest BCUT2D eigenvalue weighted by Gasteiger charge is -2.32. The van der Waals surface area contributed by atoms with Gasteiger partial charge in [0.1, 0.15) is 0 Å². The molecule has 0 aromatic heterocycles. The van der Waals surface area contributed by atoms with Gasteiger partial charge in [0, 0.05) is 31.2 Å². The number of likely N-dealkylation sites (tertiary alicyclic amines) is 1. The molecule has 1 aliphatic heterocycles. The van der Waals surface area contributed by atoms with Gasteiger partial charge in [0.15, 0.2) is 17.5 Å². The number of methoxy groups -OCH3 is 2. The Balaban J connectivity index is 0.00000420. The number of aliphatic imine (C=N–C) groups is 1. The van der Waals surface area contributed by atoms with Crippen LogP contribution in [0.5, 0.6) is 11.5 Å². The Hall–Kier alpha value is -1.91. The highest BCUT2D eigenvalue weighted by Crippen LogP contribution is 2.31. The molecule has 0 unspecified atom stereocenters. The molecule has 9 heteroatoms. The molecule has 1 fully saturated rings. The lowest BCUT2D eigenvalue weighted by Crippen LogP contribution is -2.49. The van der Waals surface area contributed by atoms with E-state index in [-0.39, 0.29) is 36.1 Å². The van der Waals surface area contributed by atoms with Gasteiger partial charge in [-0.25, -0.2) is 9.79 Å². The third-order valence-electron chi connectivity index (χ3n) is 4.60. The summed E-state index contributed by atoms with van der Waals surface area (Å²) in [5.74, 6) is 2.15. The molecule has 0 saturated carbocycles. The maximum atomic E-state index is 11.8. The summed E-state index contributed by atoms with van der Waals surface area (Å²) in [6, 6.07) is 6.03. The predicted molar refractivity (Wildman–Crippen MR) is 125 cm³/mol. The van der Waals surface area contributed by atoms with E-state index in [0.717, 1.165) is 30.9 Å². The highest BCUT2D eigenvalue weighted by atomic mass is 127. The first-order chi connectivity index (χ1) is 13.6. The van der Waals surface area contributed by atoms with Crippen molar-refractivity contribution in [3.8, 4) is 11.5 Å². The normalized spacial score (nSPS) is 14.6. The molecule has 1 saturated heterocycles. The quantitative estimate of drug-likeness (QED) is 0.327. The van der Waals surface area contributed by atoms with Crippen molar-refractivity contribution in [3.05, 3.63) is 23.8 Å². The van der Waals surface area contributed by atoms with Crippen LogP contribution in [0.2, 0.25) is 0 Å². The fourth-order valence-corrected chi connectivity index (χ4v) is 3.18. The van der Waals surface area contributed by atoms with E-state index in [1.54, 1.807) is 19.1 Å². The zero-order valence-electron chi connectivity index (χ0n) is 17.7. The molecule has 2 rings (SSSR count). The lowest BCUT2D eigenvalue weighted by molar-refractivity contribution is 0.0963. The number of piperidine rings is 1.